The molecule has 1 aliphatic carbocycles. The van der Waals surface area contributed by atoms with Crippen molar-refractivity contribution in [1.82, 2.24) is 0 Å². The number of rotatable bonds is 3. The van der Waals surface area contributed by atoms with Gasteiger partial charge in [0.15, 0.2) is 0 Å². The SMILES string of the molecule is Cc1cc(C)c2c([cH-]c3ccccc32)c1C1=CC=CC1.[Zr]=[C](c1ccccc1)c1ccccc1. The minimum atomic E-state index is 1.06. The molecule has 0 spiro atoms. The van der Waals surface area contributed by atoms with Gasteiger partial charge < -0.3 is 0 Å². The van der Waals surface area contributed by atoms with Crippen LogP contribution in [0.2, 0.25) is 0 Å². The summed E-state index contributed by atoms with van der Waals surface area (Å²) < 4.78 is 1.42. The molecule has 0 amide bonds. The van der Waals surface area contributed by atoms with Crippen molar-refractivity contribution in [2.24, 2.45) is 0 Å². The van der Waals surface area contributed by atoms with Crippen LogP contribution in [0.3, 0.4) is 0 Å². The molecule has 0 unspecified atom stereocenters. The van der Waals surface area contributed by atoms with Gasteiger partial charge in [-0.15, -0.1) is 33.7 Å². The number of hydrogen-bond donors (Lipinski definition) is 0. The Labute approximate surface area is 217 Å². The zero-order chi connectivity index (χ0) is 23.5. The predicted molar refractivity (Wildman–Crippen MR) is 144 cm³/mol. The van der Waals surface area contributed by atoms with Crippen molar-refractivity contribution in [2.75, 3.05) is 0 Å². The van der Waals surface area contributed by atoms with Gasteiger partial charge in [-0.05, 0) is 20.3 Å². The van der Waals surface area contributed by atoms with Gasteiger partial charge in [-0.25, -0.2) is 0 Å². The monoisotopic (exact) mass is 513 g/mol. The first kappa shape index (κ1) is 22.8. The van der Waals surface area contributed by atoms with E-state index in [0.717, 1.165) is 6.42 Å². The first-order chi connectivity index (χ1) is 16.6. The molecule has 0 saturated heterocycles. The van der Waals surface area contributed by atoms with Crippen LogP contribution in [0, 0.1) is 13.8 Å². The van der Waals surface area contributed by atoms with Crippen molar-refractivity contribution in [3.8, 4) is 0 Å². The van der Waals surface area contributed by atoms with Gasteiger partial charge in [0.05, 0.1) is 0 Å². The molecule has 0 aliphatic heterocycles. The van der Waals surface area contributed by atoms with E-state index in [1.165, 1.54) is 82.4 Å². The molecule has 0 radical (unpaired) electrons. The Balaban J connectivity index is 0.000000152. The summed E-state index contributed by atoms with van der Waals surface area (Å²) in [5.74, 6) is 0. The fraction of sp³-hybridized carbons (Fsp3) is 0.0909. The number of allylic oxidation sites excluding steroid dienone is 4. The summed E-state index contributed by atoms with van der Waals surface area (Å²) in [6.07, 6.45) is 7.72. The number of hydrogen-bond acceptors (Lipinski definition) is 0. The van der Waals surface area contributed by atoms with Crippen LogP contribution in [0.4, 0.5) is 0 Å². The predicted octanol–water partition coefficient (Wildman–Crippen LogP) is 8.47. The summed E-state index contributed by atoms with van der Waals surface area (Å²) in [6.45, 7) is 4.46. The molecule has 164 valence electrons. The van der Waals surface area contributed by atoms with Crippen LogP contribution in [0.1, 0.15) is 34.2 Å². The molecule has 5 aromatic carbocycles. The van der Waals surface area contributed by atoms with Gasteiger partial charge in [-0.1, -0.05) is 64.8 Å². The van der Waals surface area contributed by atoms with Gasteiger partial charge in [0, 0.05) is 0 Å². The van der Waals surface area contributed by atoms with E-state index in [9.17, 15) is 0 Å². The molecule has 0 saturated carbocycles. The normalized spacial score (nSPS) is 12.4. The third-order valence-electron chi connectivity index (χ3n) is 6.51. The van der Waals surface area contributed by atoms with Crippen molar-refractivity contribution >= 4 is 30.3 Å². The van der Waals surface area contributed by atoms with E-state index >= 15 is 0 Å². The van der Waals surface area contributed by atoms with E-state index in [0.29, 0.717) is 0 Å². The van der Waals surface area contributed by atoms with Crippen LogP contribution in [-0.2, 0) is 24.2 Å². The molecule has 0 atom stereocenters. The van der Waals surface area contributed by atoms with E-state index in [-0.39, 0.29) is 0 Å². The van der Waals surface area contributed by atoms with Crippen LogP contribution in [0.5, 0.6) is 0 Å². The van der Waals surface area contributed by atoms with Gasteiger partial charge in [0.25, 0.3) is 0 Å². The third-order valence-corrected chi connectivity index (χ3v) is 7.93. The van der Waals surface area contributed by atoms with Crippen molar-refractivity contribution < 1.29 is 24.2 Å². The minimum absolute atomic E-state index is 1.06. The Morgan fingerprint density at radius 1 is 0.765 bits per heavy atom. The van der Waals surface area contributed by atoms with Crippen molar-refractivity contribution in [3.63, 3.8) is 0 Å². The van der Waals surface area contributed by atoms with Crippen molar-refractivity contribution in [2.45, 2.75) is 20.3 Å². The second-order valence-corrected chi connectivity index (χ2v) is 10.1. The van der Waals surface area contributed by atoms with Crippen LogP contribution in [0.15, 0.2) is 115 Å². The molecule has 0 N–H and O–H groups in total. The first-order valence-corrected chi connectivity index (χ1v) is 13.0. The van der Waals surface area contributed by atoms with Crippen molar-refractivity contribution in [1.29, 1.82) is 0 Å². The maximum absolute atomic E-state index is 2.36. The molecular weight excluding hydrogens is 488 g/mol. The second-order valence-electron chi connectivity index (χ2n) is 8.84. The van der Waals surface area contributed by atoms with Crippen LogP contribution >= 0.6 is 0 Å². The van der Waals surface area contributed by atoms with Crippen LogP contribution in [-0.4, -0.2) is 3.21 Å². The van der Waals surface area contributed by atoms with Gasteiger partial charge in [0.1, 0.15) is 0 Å². The molecular formula is C33H27Zr-. The molecule has 0 bridgehead atoms. The van der Waals surface area contributed by atoms with E-state index < -0.39 is 0 Å². The summed E-state index contributed by atoms with van der Waals surface area (Å²) in [7, 11) is 0. The average molecular weight is 515 g/mol. The number of fused-ring (bicyclic) bond motifs is 3. The Morgan fingerprint density at radius 3 is 2.00 bits per heavy atom. The molecule has 5 aromatic rings. The van der Waals surface area contributed by atoms with Crippen molar-refractivity contribution in [3.05, 3.63) is 143 Å². The van der Waals surface area contributed by atoms with Gasteiger partial charge in [-0.3, -0.25) is 0 Å². The molecule has 0 aromatic heterocycles. The second kappa shape index (κ2) is 10.1. The summed E-state index contributed by atoms with van der Waals surface area (Å²) in [5, 5.41) is 5.57. The standard InChI is InChI=1S/C20H17.C13H10.Zr/c1-13-11-14(2)20-17-10-6-5-9-16(17)12-18(20)19(13)15-7-3-4-8-15;1-3-7-12(8-4-1)11-13-9-5-2-6-10-13;/h3-7,9-12H,8H2,1-2H3;1-10H;/q-1;;. The van der Waals surface area contributed by atoms with Gasteiger partial charge in [0.2, 0.25) is 0 Å². The Bertz CT molecular complexity index is 1490. The van der Waals surface area contributed by atoms with E-state index in [4.69, 9.17) is 0 Å². The quantitative estimate of drug-likeness (QED) is 0.212. The fourth-order valence-electron chi connectivity index (χ4n) is 4.96. The van der Waals surface area contributed by atoms with Crippen LogP contribution in [0.25, 0.3) is 27.1 Å². The summed E-state index contributed by atoms with van der Waals surface area (Å²) in [5.41, 5.74) is 8.32. The summed E-state index contributed by atoms with van der Waals surface area (Å²) >= 11 is 1.46. The summed E-state index contributed by atoms with van der Waals surface area (Å²) in [6, 6.07) is 34.5. The fourth-order valence-corrected chi connectivity index (χ4v) is 5.78. The molecule has 1 aliphatic rings. The zero-order valence-electron chi connectivity index (χ0n) is 19.7. The average Bonchev–Trinajstić information content (AvgIpc) is 3.54. The summed E-state index contributed by atoms with van der Waals surface area (Å²) in [4.78, 5) is 0. The zero-order valence-corrected chi connectivity index (χ0v) is 22.1. The number of aryl methyl sites for hydroxylation is 2. The maximum atomic E-state index is 2.36. The molecule has 0 fully saturated rings. The van der Waals surface area contributed by atoms with Gasteiger partial charge in [-0.2, -0.15) is 0 Å². The Kier molecular flexibility index (Phi) is 6.75. The van der Waals surface area contributed by atoms with E-state index in [1.54, 1.807) is 0 Å². The molecule has 0 nitrogen and oxygen atoms in total. The van der Waals surface area contributed by atoms with E-state index in [2.05, 4.69) is 129 Å². The first-order valence-electron chi connectivity index (χ1n) is 11.8. The van der Waals surface area contributed by atoms with Gasteiger partial charge >= 0.3 is 99.2 Å². The molecule has 0 heterocycles. The Morgan fingerprint density at radius 2 is 1.38 bits per heavy atom. The third kappa shape index (κ3) is 4.50. The van der Waals surface area contributed by atoms with E-state index in [1.807, 2.05) is 0 Å². The molecule has 6 rings (SSSR count). The topological polar surface area (TPSA) is 0 Å². The molecule has 34 heavy (non-hydrogen) atoms. The Hall–Kier alpha value is -3.02. The molecule has 1 heteroatoms. The number of benzene rings is 4. The van der Waals surface area contributed by atoms with Crippen LogP contribution < -0.4 is 0 Å².